The van der Waals surface area contributed by atoms with E-state index in [9.17, 15) is 19.8 Å². The number of esters is 1. The van der Waals surface area contributed by atoms with Gasteiger partial charge in [-0.1, -0.05) is 122 Å². The van der Waals surface area contributed by atoms with E-state index in [1.807, 2.05) is 0 Å². The number of aliphatic hydroxyl groups is 2. The fourth-order valence-corrected chi connectivity index (χ4v) is 5.31. The van der Waals surface area contributed by atoms with Gasteiger partial charge < -0.3 is 25.4 Å². The van der Waals surface area contributed by atoms with Crippen LogP contribution in [0, 0.1) is 0 Å². The van der Waals surface area contributed by atoms with Gasteiger partial charge in [-0.2, -0.15) is 4.98 Å². The molecule has 0 radical (unpaired) electrons. The fraction of sp³-hybridized carbons (Fsp3) is 0.839. The highest BCUT2D eigenvalue weighted by Crippen LogP contribution is 2.28. The lowest BCUT2D eigenvalue weighted by Crippen LogP contribution is -2.36. The second kappa shape index (κ2) is 20.8. The summed E-state index contributed by atoms with van der Waals surface area (Å²) in [4.78, 5) is 27.7. The molecule has 0 aliphatic carbocycles. The van der Waals surface area contributed by atoms with Crippen LogP contribution in [0.4, 0.5) is 5.82 Å². The molecule has 0 spiro atoms. The summed E-state index contributed by atoms with van der Waals surface area (Å²) in [5.74, 6) is -0.304. The first-order chi connectivity index (χ1) is 19.4. The molecule has 2 heterocycles. The van der Waals surface area contributed by atoms with Crippen molar-refractivity contribution in [3.05, 3.63) is 22.7 Å². The lowest BCUT2D eigenvalue weighted by Gasteiger charge is -2.16. The topological polar surface area (TPSA) is 137 Å². The molecule has 0 aromatic carbocycles. The summed E-state index contributed by atoms with van der Waals surface area (Å²) >= 11 is 0. The van der Waals surface area contributed by atoms with Crippen LogP contribution in [0.3, 0.4) is 0 Å². The van der Waals surface area contributed by atoms with Crippen LogP contribution < -0.4 is 11.4 Å². The van der Waals surface area contributed by atoms with Gasteiger partial charge in [0.05, 0.1) is 0 Å². The molecule has 0 unspecified atom stereocenters. The minimum Gasteiger partial charge on any atom is -0.463 e. The molecule has 0 bridgehead atoms. The lowest BCUT2D eigenvalue weighted by molar-refractivity contribution is -0.150. The van der Waals surface area contributed by atoms with E-state index in [4.69, 9.17) is 15.2 Å². The molecule has 4 N–H and O–H groups in total. The number of ether oxygens (including phenoxy) is 2. The third-order valence-electron chi connectivity index (χ3n) is 7.86. The molecule has 2 rings (SSSR count). The number of hydrogen-bond donors (Lipinski definition) is 3. The predicted molar refractivity (Wildman–Crippen MR) is 158 cm³/mol. The first-order valence-electron chi connectivity index (χ1n) is 16.0. The van der Waals surface area contributed by atoms with Crippen molar-refractivity contribution in [3.8, 4) is 0 Å². The van der Waals surface area contributed by atoms with Gasteiger partial charge >= 0.3 is 11.7 Å². The first kappa shape index (κ1) is 34.2. The molecule has 9 nitrogen and oxygen atoms in total. The van der Waals surface area contributed by atoms with Gasteiger partial charge in [0.15, 0.2) is 6.23 Å². The average Bonchev–Trinajstić information content (AvgIpc) is 3.21. The Labute approximate surface area is 240 Å². The van der Waals surface area contributed by atoms with Crippen molar-refractivity contribution in [2.75, 3.05) is 12.3 Å². The van der Waals surface area contributed by atoms with Crippen molar-refractivity contribution >= 4 is 11.8 Å². The maximum absolute atomic E-state index is 12.1. The van der Waals surface area contributed by atoms with Crippen LogP contribution in [0.1, 0.15) is 142 Å². The Morgan fingerprint density at radius 3 is 1.80 bits per heavy atom. The summed E-state index contributed by atoms with van der Waals surface area (Å²) in [5.41, 5.74) is 4.79. The minimum absolute atomic E-state index is 0.0505. The molecule has 4 atom stereocenters. The van der Waals surface area contributed by atoms with E-state index in [-0.39, 0.29) is 18.4 Å². The molecular weight excluding hydrogens is 510 g/mol. The Hall–Kier alpha value is -1.97. The molecule has 230 valence electrons. The molecule has 1 aromatic rings. The number of rotatable bonds is 23. The summed E-state index contributed by atoms with van der Waals surface area (Å²) in [6.45, 7) is 2.08. The Balaban J connectivity index is 1.39. The Morgan fingerprint density at radius 2 is 1.32 bits per heavy atom. The smallest absolute Gasteiger partial charge is 0.351 e. The van der Waals surface area contributed by atoms with E-state index >= 15 is 0 Å². The summed E-state index contributed by atoms with van der Waals surface area (Å²) in [6.07, 6.45) is 21.7. The van der Waals surface area contributed by atoms with E-state index in [2.05, 4.69) is 11.9 Å². The Bertz CT molecular complexity index is 864. The molecule has 9 heteroatoms. The highest BCUT2D eigenvalue weighted by atomic mass is 16.6. The quantitative estimate of drug-likeness (QED) is 0.112. The largest absolute Gasteiger partial charge is 0.463 e. The van der Waals surface area contributed by atoms with Gasteiger partial charge in [0.2, 0.25) is 0 Å². The number of nitrogens with two attached hydrogens (primary N) is 1. The Morgan fingerprint density at radius 1 is 0.850 bits per heavy atom. The SMILES string of the molecule is CCCCCCCCCCCCCCCCCCCCCC(=O)OC[C@H]1O[C@@H](n2ccc(N)nc2=O)[C@@H](O)[C@@H]1O. The summed E-state index contributed by atoms with van der Waals surface area (Å²) in [6, 6.07) is 1.40. The molecule has 1 saturated heterocycles. The summed E-state index contributed by atoms with van der Waals surface area (Å²) in [5, 5.41) is 20.5. The molecule has 1 aliphatic rings. The Kier molecular flexibility index (Phi) is 17.8. The highest BCUT2D eigenvalue weighted by molar-refractivity contribution is 5.69. The number of hydrogen-bond acceptors (Lipinski definition) is 8. The third-order valence-corrected chi connectivity index (χ3v) is 7.86. The van der Waals surface area contributed by atoms with Crippen LogP contribution in [0.2, 0.25) is 0 Å². The van der Waals surface area contributed by atoms with E-state index in [0.29, 0.717) is 6.42 Å². The molecule has 40 heavy (non-hydrogen) atoms. The van der Waals surface area contributed by atoms with E-state index in [1.54, 1.807) is 0 Å². The second-order valence-corrected chi connectivity index (χ2v) is 11.4. The maximum Gasteiger partial charge on any atom is 0.351 e. The van der Waals surface area contributed by atoms with Gasteiger partial charge in [0.1, 0.15) is 30.7 Å². The van der Waals surface area contributed by atoms with Crippen molar-refractivity contribution in [2.45, 2.75) is 160 Å². The van der Waals surface area contributed by atoms with Gasteiger partial charge in [-0.25, -0.2) is 4.79 Å². The van der Waals surface area contributed by atoms with Crippen molar-refractivity contribution in [3.63, 3.8) is 0 Å². The number of nitrogens with zero attached hydrogens (tertiary/aromatic N) is 2. The van der Waals surface area contributed by atoms with Crippen molar-refractivity contribution in [2.24, 2.45) is 0 Å². The van der Waals surface area contributed by atoms with Crippen LogP contribution in [0.5, 0.6) is 0 Å². The van der Waals surface area contributed by atoms with Crippen LogP contribution in [0.25, 0.3) is 0 Å². The van der Waals surface area contributed by atoms with Crippen LogP contribution in [-0.2, 0) is 14.3 Å². The minimum atomic E-state index is -1.36. The number of anilines is 1. The average molecular weight is 566 g/mol. The number of aliphatic hydroxyl groups excluding tert-OH is 2. The monoisotopic (exact) mass is 565 g/mol. The van der Waals surface area contributed by atoms with Crippen molar-refractivity contribution < 1.29 is 24.5 Å². The first-order valence-corrected chi connectivity index (χ1v) is 16.0. The zero-order valence-corrected chi connectivity index (χ0v) is 24.8. The number of aromatic nitrogens is 2. The number of nitrogen functional groups attached to an aromatic ring is 1. The number of carbonyl (C=O) groups is 1. The van der Waals surface area contributed by atoms with Crippen LogP contribution in [-0.4, -0.2) is 50.7 Å². The van der Waals surface area contributed by atoms with Gasteiger partial charge in [-0.3, -0.25) is 9.36 Å². The zero-order valence-electron chi connectivity index (χ0n) is 24.8. The van der Waals surface area contributed by atoms with Gasteiger partial charge in [-0.05, 0) is 12.5 Å². The molecule has 1 aromatic heterocycles. The van der Waals surface area contributed by atoms with Gasteiger partial charge in [-0.15, -0.1) is 0 Å². The number of carbonyl (C=O) groups excluding carboxylic acids is 1. The van der Waals surface area contributed by atoms with Crippen molar-refractivity contribution in [1.82, 2.24) is 9.55 Å². The van der Waals surface area contributed by atoms with Crippen LogP contribution in [0.15, 0.2) is 17.1 Å². The second-order valence-electron chi connectivity index (χ2n) is 11.4. The van der Waals surface area contributed by atoms with Gasteiger partial charge in [0, 0.05) is 12.6 Å². The van der Waals surface area contributed by atoms with Gasteiger partial charge in [0.25, 0.3) is 0 Å². The maximum atomic E-state index is 12.1. The molecule has 1 aliphatic heterocycles. The predicted octanol–water partition coefficient (Wildman–Crippen LogP) is 5.81. The van der Waals surface area contributed by atoms with E-state index < -0.39 is 30.2 Å². The molecule has 0 saturated carbocycles. The molecule has 1 fully saturated rings. The van der Waals surface area contributed by atoms with Crippen LogP contribution >= 0.6 is 0 Å². The highest BCUT2D eigenvalue weighted by Gasteiger charge is 2.44. The van der Waals surface area contributed by atoms with E-state index in [1.165, 1.54) is 115 Å². The molecular formula is C31H55N3O6. The standard InChI is InChI=1S/C31H55N3O6/c1-2-3-4-5-6-7-8-9-10-11-12-13-14-15-16-17-18-19-20-21-27(35)39-24-25-28(36)29(37)30(40-25)34-23-22-26(32)33-31(34)38/h22-23,25,28-30,36-37H,2-21,24H2,1H3,(H2,32,33,38)/t25-,28-,29+,30-/m1/s1. The summed E-state index contributed by atoms with van der Waals surface area (Å²) < 4.78 is 11.9. The third kappa shape index (κ3) is 13.6. The van der Waals surface area contributed by atoms with E-state index in [0.717, 1.165) is 23.8 Å². The molecule has 0 amide bonds. The summed E-state index contributed by atoms with van der Waals surface area (Å²) in [7, 11) is 0. The number of unbranched alkanes of at least 4 members (excludes halogenated alkanes) is 18. The normalized spacial score (nSPS) is 20.7. The van der Waals surface area contributed by atoms with Crippen molar-refractivity contribution in [1.29, 1.82) is 0 Å². The zero-order chi connectivity index (χ0) is 29.0. The fourth-order valence-electron chi connectivity index (χ4n) is 5.31. The lowest BCUT2D eigenvalue weighted by atomic mass is 10.0.